The molecule has 0 saturated carbocycles. The van der Waals surface area contributed by atoms with Crippen molar-refractivity contribution >= 4 is 0 Å². The van der Waals surface area contributed by atoms with Crippen molar-refractivity contribution in [1.82, 2.24) is 0 Å². The van der Waals surface area contributed by atoms with E-state index in [2.05, 4.69) is 0 Å². The van der Waals surface area contributed by atoms with Gasteiger partial charge < -0.3 is 79.5 Å². The zero-order valence-corrected chi connectivity index (χ0v) is 18.7. The van der Waals surface area contributed by atoms with Crippen LogP contribution in [0.2, 0.25) is 0 Å². The highest BCUT2D eigenvalue weighted by molar-refractivity contribution is 4.96. The van der Waals surface area contributed by atoms with Crippen molar-refractivity contribution < 1.29 is 79.5 Å². The highest BCUT2D eigenvalue weighted by Gasteiger charge is 2.53. The van der Waals surface area contributed by atoms with Crippen LogP contribution >= 0.6 is 0 Å². The number of methoxy groups -OCH3 is 1. The fraction of sp³-hybridized carbons (Fsp3) is 1.00. The molecule has 3 heterocycles. The van der Waals surface area contributed by atoms with Crippen LogP contribution < -0.4 is 0 Å². The van der Waals surface area contributed by atoms with Gasteiger partial charge in [0.1, 0.15) is 73.2 Å². The van der Waals surface area contributed by atoms with Gasteiger partial charge in [-0.25, -0.2) is 0 Å². The van der Waals surface area contributed by atoms with Crippen molar-refractivity contribution in [3.63, 3.8) is 0 Å². The van der Waals surface area contributed by atoms with Gasteiger partial charge >= 0.3 is 0 Å². The van der Waals surface area contributed by atoms with E-state index in [9.17, 15) is 51.1 Å². The Morgan fingerprint density at radius 2 is 0.857 bits per heavy atom. The molecule has 0 bridgehead atoms. The second kappa shape index (κ2) is 12.3. The van der Waals surface area contributed by atoms with Crippen LogP contribution in [0.4, 0.5) is 0 Å². The van der Waals surface area contributed by atoms with Gasteiger partial charge in [-0.3, -0.25) is 0 Å². The van der Waals surface area contributed by atoms with Crippen LogP contribution in [0.1, 0.15) is 0 Å². The second-order valence-corrected chi connectivity index (χ2v) is 8.55. The van der Waals surface area contributed by atoms with E-state index in [4.69, 9.17) is 28.4 Å². The lowest BCUT2D eigenvalue weighted by Crippen LogP contribution is -2.66. The fourth-order valence-corrected chi connectivity index (χ4v) is 4.24. The highest BCUT2D eigenvalue weighted by Crippen LogP contribution is 2.32. The number of aliphatic hydroxyl groups is 10. The van der Waals surface area contributed by atoms with Gasteiger partial charge in [0.05, 0.1) is 19.8 Å². The molecule has 3 aliphatic heterocycles. The summed E-state index contributed by atoms with van der Waals surface area (Å²) in [5, 5.41) is 100. The monoisotopic (exact) mass is 518 g/mol. The summed E-state index contributed by atoms with van der Waals surface area (Å²) in [5.74, 6) is 0. The Bertz CT molecular complexity index is 650. The molecule has 35 heavy (non-hydrogen) atoms. The summed E-state index contributed by atoms with van der Waals surface area (Å²) >= 11 is 0. The summed E-state index contributed by atoms with van der Waals surface area (Å²) in [4.78, 5) is 0. The molecule has 10 N–H and O–H groups in total. The van der Waals surface area contributed by atoms with Crippen LogP contribution in [-0.4, -0.2) is 170 Å². The molecule has 8 unspecified atom stereocenters. The first-order valence-electron chi connectivity index (χ1n) is 11.0. The number of hydrogen-bond donors (Lipinski definition) is 10. The van der Waals surface area contributed by atoms with Gasteiger partial charge in [0.2, 0.25) is 0 Å². The van der Waals surface area contributed by atoms with Crippen LogP contribution in [0.25, 0.3) is 0 Å². The summed E-state index contributed by atoms with van der Waals surface area (Å²) in [6.45, 7) is -2.21. The van der Waals surface area contributed by atoms with Crippen molar-refractivity contribution in [1.29, 1.82) is 0 Å². The molecule has 15 atom stereocenters. The molecule has 3 rings (SSSR count). The predicted octanol–water partition coefficient (Wildman–Crippen LogP) is -6.92. The number of aliphatic hydroxyl groups excluding tert-OH is 10. The van der Waals surface area contributed by atoms with Gasteiger partial charge in [-0.05, 0) is 0 Å². The maximum absolute atomic E-state index is 10.7. The largest absolute Gasteiger partial charge is 0.394 e. The lowest BCUT2D eigenvalue weighted by molar-refractivity contribution is -0.378. The Kier molecular flexibility index (Phi) is 10.1. The third-order valence-corrected chi connectivity index (χ3v) is 6.30. The Labute approximate surface area is 199 Å². The summed E-state index contributed by atoms with van der Waals surface area (Å²) < 4.78 is 31.9. The zero-order valence-electron chi connectivity index (χ0n) is 18.7. The van der Waals surface area contributed by atoms with Crippen LogP contribution in [0.15, 0.2) is 0 Å². The molecule has 3 saturated heterocycles. The molecule has 0 spiro atoms. The van der Waals surface area contributed by atoms with Crippen LogP contribution in [0.5, 0.6) is 0 Å². The van der Waals surface area contributed by atoms with E-state index in [0.717, 1.165) is 0 Å². The van der Waals surface area contributed by atoms with Crippen molar-refractivity contribution in [2.75, 3.05) is 26.9 Å². The topological polar surface area (TPSA) is 258 Å². The molecule has 0 amide bonds. The molecule has 0 aromatic carbocycles. The van der Waals surface area contributed by atoms with E-state index in [0.29, 0.717) is 0 Å². The highest BCUT2D eigenvalue weighted by atomic mass is 16.8. The normalized spacial score (nSPS) is 51.3. The molecule has 0 aromatic rings. The first kappa shape index (κ1) is 28.9. The first-order valence-corrected chi connectivity index (χ1v) is 11.0. The number of ether oxygens (including phenoxy) is 6. The SMILES string of the molecule is COC1OC(CO)[C@H](OC2OC(CO)[C@H](O[C@@H]3OC(CO)[C@H](O)[C@@H](O)C3O)[C@@H](O)C2O)[C@@H](O)C1O. The average molecular weight is 518 g/mol. The molecule has 3 aliphatic rings. The lowest BCUT2D eigenvalue weighted by atomic mass is 9.96. The quantitative estimate of drug-likeness (QED) is 0.143. The van der Waals surface area contributed by atoms with E-state index >= 15 is 0 Å². The third kappa shape index (κ3) is 5.78. The summed E-state index contributed by atoms with van der Waals surface area (Å²) in [7, 11) is 1.21. The summed E-state index contributed by atoms with van der Waals surface area (Å²) in [5.41, 5.74) is 0. The Balaban J connectivity index is 1.72. The Morgan fingerprint density at radius 1 is 0.486 bits per heavy atom. The van der Waals surface area contributed by atoms with Gasteiger partial charge in [-0.1, -0.05) is 0 Å². The average Bonchev–Trinajstić information content (AvgIpc) is 2.86. The van der Waals surface area contributed by atoms with E-state index in [-0.39, 0.29) is 0 Å². The molecule has 0 radical (unpaired) electrons. The third-order valence-electron chi connectivity index (χ3n) is 6.30. The molecular formula is C19H34O16. The minimum atomic E-state index is -1.88. The predicted molar refractivity (Wildman–Crippen MR) is 106 cm³/mol. The molecular weight excluding hydrogens is 484 g/mol. The molecule has 0 aromatic heterocycles. The van der Waals surface area contributed by atoms with E-state index in [1.54, 1.807) is 0 Å². The van der Waals surface area contributed by atoms with E-state index < -0.39 is 112 Å². The Morgan fingerprint density at radius 3 is 1.29 bits per heavy atom. The van der Waals surface area contributed by atoms with E-state index in [1.807, 2.05) is 0 Å². The van der Waals surface area contributed by atoms with Crippen LogP contribution in [0.3, 0.4) is 0 Å². The molecule has 16 heteroatoms. The molecule has 206 valence electrons. The molecule has 0 aliphatic carbocycles. The number of hydrogen-bond acceptors (Lipinski definition) is 16. The second-order valence-electron chi connectivity index (χ2n) is 8.55. The Hall–Kier alpha value is -0.640. The maximum Gasteiger partial charge on any atom is 0.187 e. The van der Waals surface area contributed by atoms with Crippen molar-refractivity contribution in [2.24, 2.45) is 0 Å². The molecule has 3 fully saturated rings. The van der Waals surface area contributed by atoms with Crippen LogP contribution in [-0.2, 0) is 28.4 Å². The standard InChI is InChI=1S/C19H34O16/c1-30-17-13(28)10(25)15(6(3-21)32-17)35-19-14(29)11(26)16(7(4-22)33-19)34-18-12(27)9(24)8(23)5(2-20)31-18/h5-29H,2-4H2,1H3/t5?,6?,7?,8-,9+,10-,11-,12?,13?,14?,15-,16-,17?,18-,19?/m0/s1. The molecule has 16 nitrogen and oxygen atoms in total. The maximum atomic E-state index is 10.7. The van der Waals surface area contributed by atoms with Gasteiger partial charge in [-0.2, -0.15) is 0 Å². The minimum Gasteiger partial charge on any atom is -0.394 e. The van der Waals surface area contributed by atoms with Gasteiger partial charge in [0.25, 0.3) is 0 Å². The van der Waals surface area contributed by atoms with Crippen molar-refractivity contribution in [3.05, 3.63) is 0 Å². The van der Waals surface area contributed by atoms with Gasteiger partial charge in [-0.15, -0.1) is 0 Å². The van der Waals surface area contributed by atoms with Gasteiger partial charge in [0.15, 0.2) is 18.9 Å². The lowest BCUT2D eigenvalue weighted by Gasteiger charge is -2.48. The van der Waals surface area contributed by atoms with Crippen LogP contribution in [0, 0.1) is 0 Å². The summed E-state index contributed by atoms with van der Waals surface area (Å²) in [6, 6.07) is 0. The number of rotatable bonds is 8. The summed E-state index contributed by atoms with van der Waals surface area (Å²) in [6.07, 6.45) is -23.8. The smallest absolute Gasteiger partial charge is 0.187 e. The van der Waals surface area contributed by atoms with Gasteiger partial charge in [0, 0.05) is 7.11 Å². The van der Waals surface area contributed by atoms with Crippen molar-refractivity contribution in [2.45, 2.75) is 92.1 Å². The van der Waals surface area contributed by atoms with Crippen molar-refractivity contribution in [3.8, 4) is 0 Å². The zero-order chi connectivity index (χ0) is 26.0. The minimum absolute atomic E-state index is 0.675. The first-order chi connectivity index (χ1) is 16.6. The fourth-order valence-electron chi connectivity index (χ4n) is 4.24. The van der Waals surface area contributed by atoms with E-state index in [1.165, 1.54) is 7.11 Å².